The quantitative estimate of drug-likeness (QED) is 0.584. The molecule has 0 bridgehead atoms. The predicted octanol–water partition coefficient (Wildman–Crippen LogP) is 2.90. The van der Waals surface area contributed by atoms with Crippen LogP contribution in [0, 0.1) is 0 Å². The number of rotatable bonds is 10. The smallest absolute Gasteiger partial charge is 0.242 e. The number of amides is 2. The third-order valence-electron chi connectivity index (χ3n) is 4.97. The van der Waals surface area contributed by atoms with E-state index in [1.165, 1.54) is 35.4 Å². The van der Waals surface area contributed by atoms with Gasteiger partial charge < -0.3 is 10.2 Å². The van der Waals surface area contributed by atoms with Crippen LogP contribution >= 0.6 is 11.6 Å². The van der Waals surface area contributed by atoms with Gasteiger partial charge in [0.2, 0.25) is 21.8 Å². The summed E-state index contributed by atoms with van der Waals surface area (Å²) in [5.41, 5.74) is 0.806. The Kier molecular flexibility index (Phi) is 9.03. The summed E-state index contributed by atoms with van der Waals surface area (Å²) in [7, 11) is -0.607. The Labute approximate surface area is 189 Å². The highest BCUT2D eigenvalue weighted by atomic mass is 35.5. The van der Waals surface area contributed by atoms with E-state index < -0.39 is 16.1 Å². The lowest BCUT2D eigenvalue weighted by Crippen LogP contribution is -2.46. The van der Waals surface area contributed by atoms with Crippen molar-refractivity contribution in [3.8, 4) is 0 Å². The van der Waals surface area contributed by atoms with Gasteiger partial charge in [-0.05, 0) is 43.2 Å². The lowest BCUT2D eigenvalue weighted by atomic mass is 10.1. The van der Waals surface area contributed by atoms with E-state index in [4.69, 9.17) is 11.6 Å². The molecule has 0 aromatic heterocycles. The molecule has 0 unspecified atom stereocenters. The normalized spacial score (nSPS) is 12.4. The summed E-state index contributed by atoms with van der Waals surface area (Å²) in [6.07, 6.45) is 0.435. The van der Waals surface area contributed by atoms with Crippen molar-refractivity contribution in [2.45, 2.75) is 37.2 Å². The van der Waals surface area contributed by atoms with E-state index in [1.807, 2.05) is 6.07 Å². The fourth-order valence-corrected chi connectivity index (χ4v) is 4.56. The van der Waals surface area contributed by atoms with Crippen LogP contribution in [0.3, 0.4) is 0 Å². The standard InChI is InChI=1S/C22H28ClN3O4S/c1-17(22(28)24-2)26(16-18-9-7-10-19(23)15-18)21(27)13-8-14-25(3)31(29,30)20-11-5-4-6-12-20/h4-7,9-12,15,17H,8,13-14,16H2,1-3H3,(H,24,28)/t17-/m0/s1. The van der Waals surface area contributed by atoms with E-state index in [9.17, 15) is 18.0 Å². The number of hydrogen-bond acceptors (Lipinski definition) is 4. The van der Waals surface area contributed by atoms with Gasteiger partial charge in [0.1, 0.15) is 6.04 Å². The van der Waals surface area contributed by atoms with E-state index in [1.54, 1.807) is 43.3 Å². The van der Waals surface area contributed by atoms with Crippen LogP contribution in [0.5, 0.6) is 0 Å². The molecule has 2 aromatic carbocycles. The molecule has 31 heavy (non-hydrogen) atoms. The molecule has 2 rings (SSSR count). The van der Waals surface area contributed by atoms with Gasteiger partial charge in [-0.1, -0.05) is 41.9 Å². The van der Waals surface area contributed by atoms with Gasteiger partial charge in [0.25, 0.3) is 0 Å². The predicted molar refractivity (Wildman–Crippen MR) is 121 cm³/mol. The van der Waals surface area contributed by atoms with Crippen LogP contribution < -0.4 is 5.32 Å². The van der Waals surface area contributed by atoms with E-state index >= 15 is 0 Å². The minimum Gasteiger partial charge on any atom is -0.357 e. The van der Waals surface area contributed by atoms with E-state index in [2.05, 4.69) is 5.32 Å². The Hall–Kier alpha value is -2.42. The minimum atomic E-state index is -3.61. The molecule has 0 saturated carbocycles. The molecule has 0 spiro atoms. The minimum absolute atomic E-state index is 0.108. The summed E-state index contributed by atoms with van der Waals surface area (Å²) in [4.78, 5) is 26.8. The van der Waals surface area contributed by atoms with E-state index in [0.717, 1.165) is 5.56 Å². The second-order valence-corrected chi connectivity index (χ2v) is 9.67. The van der Waals surface area contributed by atoms with Gasteiger partial charge in [-0.3, -0.25) is 9.59 Å². The molecule has 0 aliphatic carbocycles. The second kappa shape index (κ2) is 11.3. The average molecular weight is 466 g/mol. The number of benzene rings is 2. The van der Waals surface area contributed by atoms with E-state index in [-0.39, 0.29) is 36.2 Å². The summed E-state index contributed by atoms with van der Waals surface area (Å²) in [6, 6.07) is 14.6. The first kappa shape index (κ1) is 24.8. The largest absolute Gasteiger partial charge is 0.357 e. The maximum absolute atomic E-state index is 12.9. The maximum Gasteiger partial charge on any atom is 0.242 e. The summed E-state index contributed by atoms with van der Waals surface area (Å²) in [6.45, 7) is 2.07. The molecule has 0 fully saturated rings. The molecule has 1 N–H and O–H groups in total. The number of nitrogens with one attached hydrogen (secondary N) is 1. The van der Waals surface area contributed by atoms with Crippen LogP contribution in [0.2, 0.25) is 5.02 Å². The first-order chi connectivity index (χ1) is 14.7. The first-order valence-corrected chi connectivity index (χ1v) is 11.8. The van der Waals surface area contributed by atoms with Gasteiger partial charge in [0.15, 0.2) is 0 Å². The number of carbonyl (C=O) groups is 2. The van der Waals surface area contributed by atoms with Crippen molar-refractivity contribution >= 4 is 33.4 Å². The third kappa shape index (κ3) is 6.78. The molecule has 0 radical (unpaired) electrons. The zero-order chi connectivity index (χ0) is 23.0. The maximum atomic E-state index is 12.9. The van der Waals surface area contributed by atoms with Crippen LogP contribution in [0.15, 0.2) is 59.5 Å². The van der Waals surface area contributed by atoms with Crippen LogP contribution in [-0.2, 0) is 26.2 Å². The van der Waals surface area contributed by atoms with Crippen LogP contribution in [0.1, 0.15) is 25.3 Å². The fraction of sp³-hybridized carbons (Fsp3) is 0.364. The van der Waals surface area contributed by atoms with Crippen molar-refractivity contribution in [2.24, 2.45) is 0 Å². The Balaban J connectivity index is 2.05. The van der Waals surface area contributed by atoms with Crippen molar-refractivity contribution in [2.75, 3.05) is 20.6 Å². The average Bonchev–Trinajstić information content (AvgIpc) is 2.76. The Morgan fingerprint density at radius 1 is 1.10 bits per heavy atom. The van der Waals surface area contributed by atoms with Crippen LogP contribution in [0.4, 0.5) is 0 Å². The summed E-state index contributed by atoms with van der Waals surface area (Å²) < 4.78 is 26.5. The highest BCUT2D eigenvalue weighted by Gasteiger charge is 2.26. The third-order valence-corrected chi connectivity index (χ3v) is 7.08. The molecule has 0 aliphatic heterocycles. The highest BCUT2D eigenvalue weighted by Crippen LogP contribution is 2.17. The van der Waals surface area contributed by atoms with Gasteiger partial charge in [-0.15, -0.1) is 0 Å². The molecular formula is C22H28ClN3O4S. The van der Waals surface area contributed by atoms with Gasteiger partial charge in [0, 0.05) is 38.6 Å². The molecule has 0 saturated heterocycles. The lowest BCUT2D eigenvalue weighted by Gasteiger charge is -2.28. The summed E-state index contributed by atoms with van der Waals surface area (Å²) in [5, 5.41) is 3.11. The number of sulfonamides is 1. The zero-order valence-electron chi connectivity index (χ0n) is 17.9. The topological polar surface area (TPSA) is 86.8 Å². The lowest BCUT2D eigenvalue weighted by molar-refractivity contribution is -0.140. The molecule has 1 atom stereocenters. The number of carbonyl (C=O) groups excluding carboxylic acids is 2. The highest BCUT2D eigenvalue weighted by molar-refractivity contribution is 7.89. The number of halogens is 1. The Morgan fingerprint density at radius 3 is 2.39 bits per heavy atom. The Morgan fingerprint density at radius 2 is 1.77 bits per heavy atom. The van der Waals surface area contributed by atoms with Crippen LogP contribution in [0.25, 0.3) is 0 Å². The summed E-state index contributed by atoms with van der Waals surface area (Å²) >= 11 is 6.04. The van der Waals surface area contributed by atoms with Crippen molar-refractivity contribution < 1.29 is 18.0 Å². The zero-order valence-corrected chi connectivity index (χ0v) is 19.5. The van der Waals surface area contributed by atoms with Gasteiger partial charge in [-0.2, -0.15) is 0 Å². The monoisotopic (exact) mass is 465 g/mol. The Bertz CT molecular complexity index is 999. The summed E-state index contributed by atoms with van der Waals surface area (Å²) in [5.74, 6) is -0.513. The van der Waals surface area contributed by atoms with Gasteiger partial charge in [0.05, 0.1) is 4.90 Å². The van der Waals surface area contributed by atoms with Crippen molar-refractivity contribution in [1.82, 2.24) is 14.5 Å². The van der Waals surface area contributed by atoms with E-state index in [0.29, 0.717) is 11.4 Å². The van der Waals surface area contributed by atoms with Crippen molar-refractivity contribution in [3.05, 3.63) is 65.2 Å². The molecule has 2 aromatic rings. The van der Waals surface area contributed by atoms with Crippen molar-refractivity contribution in [1.29, 1.82) is 0 Å². The van der Waals surface area contributed by atoms with Crippen LogP contribution in [-0.4, -0.2) is 56.1 Å². The van der Waals surface area contributed by atoms with Gasteiger partial charge >= 0.3 is 0 Å². The number of nitrogens with zero attached hydrogens (tertiary/aromatic N) is 2. The molecule has 0 heterocycles. The number of likely N-dealkylation sites (N-methyl/N-ethyl adjacent to an activating group) is 1. The molecule has 9 heteroatoms. The molecular weight excluding hydrogens is 438 g/mol. The molecule has 168 valence electrons. The number of hydrogen-bond donors (Lipinski definition) is 1. The molecule has 2 amide bonds. The first-order valence-electron chi connectivity index (χ1n) is 9.93. The molecule has 0 aliphatic rings. The fourth-order valence-electron chi connectivity index (χ4n) is 3.11. The second-order valence-electron chi connectivity index (χ2n) is 7.18. The van der Waals surface area contributed by atoms with Crippen molar-refractivity contribution in [3.63, 3.8) is 0 Å². The SMILES string of the molecule is CNC(=O)[C@H](C)N(Cc1cccc(Cl)c1)C(=O)CCCN(C)S(=O)(=O)c1ccccc1. The van der Waals surface area contributed by atoms with Gasteiger partial charge in [-0.25, -0.2) is 12.7 Å². The molecule has 7 nitrogen and oxygen atoms in total.